The molecule has 0 fully saturated rings. The summed E-state index contributed by atoms with van der Waals surface area (Å²) in [6.07, 6.45) is 2.61. The number of rotatable bonds is 5. The molecule has 2 aromatic carbocycles. The quantitative estimate of drug-likeness (QED) is 0.664. The molecule has 1 N–H and O–H groups in total. The Kier molecular flexibility index (Phi) is 5.24. The van der Waals surface area contributed by atoms with Crippen LogP contribution in [0.4, 0.5) is 17.2 Å². The molecule has 29 heavy (non-hydrogen) atoms. The van der Waals surface area contributed by atoms with Gasteiger partial charge in [0.25, 0.3) is 5.91 Å². The summed E-state index contributed by atoms with van der Waals surface area (Å²) in [6.45, 7) is 2.92. The highest BCUT2D eigenvalue weighted by atomic mass is 16.5. The minimum atomic E-state index is -0.380. The van der Waals surface area contributed by atoms with Gasteiger partial charge < -0.3 is 15.0 Å². The molecule has 2 heterocycles. The minimum absolute atomic E-state index is 0.231. The predicted octanol–water partition coefficient (Wildman–Crippen LogP) is 4.20. The Morgan fingerprint density at radius 1 is 1.07 bits per heavy atom. The van der Waals surface area contributed by atoms with Crippen molar-refractivity contribution in [3.05, 3.63) is 83.6 Å². The second kappa shape index (κ2) is 8.14. The van der Waals surface area contributed by atoms with Crippen molar-refractivity contribution in [2.45, 2.75) is 13.3 Å². The zero-order valence-corrected chi connectivity index (χ0v) is 16.1. The lowest BCUT2D eigenvalue weighted by Crippen LogP contribution is -2.17. The number of benzene rings is 2. The van der Waals surface area contributed by atoms with E-state index in [4.69, 9.17) is 4.74 Å². The van der Waals surface area contributed by atoms with Crippen LogP contribution < -0.4 is 10.2 Å². The van der Waals surface area contributed by atoms with Crippen LogP contribution >= 0.6 is 0 Å². The maximum Gasteiger partial charge on any atom is 0.338 e. The normalized spacial score (nSPS) is 12.4. The highest BCUT2D eigenvalue weighted by Gasteiger charge is 2.21. The highest BCUT2D eigenvalue weighted by Crippen LogP contribution is 2.33. The maximum absolute atomic E-state index is 12.7. The molecular formula is C23H21N3O3. The average Bonchev–Trinajstić information content (AvgIpc) is 3.19. The molecule has 6 nitrogen and oxygen atoms in total. The molecule has 1 aliphatic heterocycles. The predicted molar refractivity (Wildman–Crippen MR) is 112 cm³/mol. The summed E-state index contributed by atoms with van der Waals surface area (Å²) < 4.78 is 4.97. The molecule has 0 saturated heterocycles. The fourth-order valence-corrected chi connectivity index (χ4v) is 3.39. The number of aromatic nitrogens is 1. The Balaban J connectivity index is 1.49. The van der Waals surface area contributed by atoms with Crippen LogP contribution in [0.25, 0.3) is 0 Å². The number of hydrogen-bond donors (Lipinski definition) is 1. The van der Waals surface area contributed by atoms with Crippen LogP contribution in [-0.4, -0.2) is 30.0 Å². The van der Waals surface area contributed by atoms with Gasteiger partial charge in [-0.2, -0.15) is 0 Å². The minimum Gasteiger partial charge on any atom is -0.462 e. The van der Waals surface area contributed by atoms with Crippen molar-refractivity contribution in [3.8, 4) is 0 Å². The third-order valence-electron chi connectivity index (χ3n) is 4.83. The third-order valence-corrected chi connectivity index (χ3v) is 4.83. The molecular weight excluding hydrogens is 366 g/mol. The number of nitrogens with zero attached hydrogens (tertiary/aromatic N) is 2. The summed E-state index contributed by atoms with van der Waals surface area (Å²) >= 11 is 0. The number of amides is 1. The van der Waals surface area contributed by atoms with Gasteiger partial charge in [-0.25, -0.2) is 9.78 Å². The van der Waals surface area contributed by atoms with Gasteiger partial charge in [0.2, 0.25) is 0 Å². The highest BCUT2D eigenvalue weighted by molar-refractivity contribution is 6.05. The van der Waals surface area contributed by atoms with E-state index < -0.39 is 0 Å². The fraction of sp³-hybridized carbons (Fsp3) is 0.174. The number of carbonyl (C=O) groups excluding carboxylic acids is 2. The second-order valence-electron chi connectivity index (χ2n) is 6.69. The molecule has 0 aliphatic carbocycles. The molecule has 0 atom stereocenters. The Morgan fingerprint density at radius 2 is 1.86 bits per heavy atom. The van der Waals surface area contributed by atoms with Gasteiger partial charge in [0.1, 0.15) is 5.82 Å². The van der Waals surface area contributed by atoms with Crippen LogP contribution in [-0.2, 0) is 11.2 Å². The Bertz CT molecular complexity index is 1050. The molecule has 1 amide bonds. The smallest absolute Gasteiger partial charge is 0.338 e. The molecule has 0 spiro atoms. The van der Waals surface area contributed by atoms with Crippen LogP contribution in [0.1, 0.15) is 33.2 Å². The van der Waals surface area contributed by atoms with Gasteiger partial charge in [0.05, 0.1) is 12.2 Å². The summed E-state index contributed by atoms with van der Waals surface area (Å²) in [4.78, 5) is 31.0. The number of esters is 1. The van der Waals surface area contributed by atoms with Gasteiger partial charge in [-0.3, -0.25) is 4.79 Å². The van der Waals surface area contributed by atoms with Gasteiger partial charge >= 0.3 is 5.97 Å². The molecule has 1 aromatic heterocycles. The molecule has 0 saturated carbocycles. The van der Waals surface area contributed by atoms with E-state index in [1.54, 1.807) is 49.5 Å². The fourth-order valence-electron chi connectivity index (χ4n) is 3.39. The molecule has 3 aromatic rings. The van der Waals surface area contributed by atoms with E-state index in [9.17, 15) is 9.59 Å². The first-order chi connectivity index (χ1) is 14.2. The van der Waals surface area contributed by atoms with E-state index in [1.165, 1.54) is 5.56 Å². The summed E-state index contributed by atoms with van der Waals surface area (Å²) in [5.41, 5.74) is 3.99. The lowest BCUT2D eigenvalue weighted by atomic mass is 10.2. The zero-order chi connectivity index (χ0) is 20.2. The first-order valence-electron chi connectivity index (χ1n) is 9.56. The molecule has 1 aliphatic rings. The van der Waals surface area contributed by atoms with E-state index in [1.807, 2.05) is 12.1 Å². The van der Waals surface area contributed by atoms with Gasteiger partial charge in [0.15, 0.2) is 0 Å². The topological polar surface area (TPSA) is 71.5 Å². The average molecular weight is 387 g/mol. The van der Waals surface area contributed by atoms with Crippen LogP contribution in [0.3, 0.4) is 0 Å². The van der Waals surface area contributed by atoms with Crippen LogP contribution in [0.5, 0.6) is 0 Å². The Hall–Kier alpha value is -3.67. The Labute approximate surface area is 169 Å². The standard InChI is InChI=1S/C23H21N3O3/c1-2-29-23(28)17-7-9-19(10-8-17)25-22(27)18-11-13-24-21(15-18)26-14-12-16-5-3-4-6-20(16)26/h3-11,13,15H,2,12,14H2,1H3,(H,25,27). The molecule has 0 unspecified atom stereocenters. The summed E-state index contributed by atoms with van der Waals surface area (Å²) in [6, 6.07) is 18.3. The molecule has 146 valence electrons. The first kappa shape index (κ1) is 18.7. The van der Waals surface area contributed by atoms with Crippen molar-refractivity contribution in [3.63, 3.8) is 0 Å². The lowest BCUT2D eigenvalue weighted by molar-refractivity contribution is 0.0526. The number of para-hydroxylation sites is 1. The molecule has 4 rings (SSSR count). The Morgan fingerprint density at radius 3 is 2.66 bits per heavy atom. The van der Waals surface area contributed by atoms with Crippen molar-refractivity contribution in [2.24, 2.45) is 0 Å². The molecule has 0 bridgehead atoms. The van der Waals surface area contributed by atoms with Crippen molar-refractivity contribution in [1.82, 2.24) is 4.98 Å². The number of fused-ring (bicyclic) bond motifs is 1. The van der Waals surface area contributed by atoms with Crippen molar-refractivity contribution in [1.29, 1.82) is 0 Å². The van der Waals surface area contributed by atoms with E-state index in [0.717, 1.165) is 24.5 Å². The molecule has 0 radical (unpaired) electrons. The summed E-state index contributed by atoms with van der Waals surface area (Å²) in [7, 11) is 0. The molecule has 6 heteroatoms. The number of pyridine rings is 1. The number of carbonyl (C=O) groups is 2. The number of anilines is 3. The van der Waals surface area contributed by atoms with E-state index in [2.05, 4.69) is 27.3 Å². The number of ether oxygens (including phenoxy) is 1. The monoisotopic (exact) mass is 387 g/mol. The summed E-state index contributed by atoms with van der Waals surface area (Å²) in [5.74, 6) is 0.139. The van der Waals surface area contributed by atoms with Crippen LogP contribution in [0, 0.1) is 0 Å². The number of nitrogens with one attached hydrogen (secondary N) is 1. The van der Waals surface area contributed by atoms with Gasteiger partial charge in [-0.05, 0) is 61.4 Å². The zero-order valence-electron chi connectivity index (χ0n) is 16.1. The van der Waals surface area contributed by atoms with Gasteiger partial charge in [-0.1, -0.05) is 18.2 Å². The van der Waals surface area contributed by atoms with E-state index in [-0.39, 0.29) is 11.9 Å². The van der Waals surface area contributed by atoms with Gasteiger partial charge in [-0.15, -0.1) is 0 Å². The first-order valence-corrected chi connectivity index (χ1v) is 9.56. The van der Waals surface area contributed by atoms with Crippen molar-refractivity contribution in [2.75, 3.05) is 23.4 Å². The van der Waals surface area contributed by atoms with E-state index >= 15 is 0 Å². The van der Waals surface area contributed by atoms with Crippen molar-refractivity contribution < 1.29 is 14.3 Å². The third kappa shape index (κ3) is 3.96. The number of hydrogen-bond acceptors (Lipinski definition) is 5. The van der Waals surface area contributed by atoms with E-state index in [0.29, 0.717) is 23.4 Å². The van der Waals surface area contributed by atoms with Crippen molar-refractivity contribution >= 4 is 29.1 Å². The van der Waals surface area contributed by atoms with Gasteiger partial charge in [0, 0.05) is 29.7 Å². The maximum atomic E-state index is 12.7. The van der Waals surface area contributed by atoms with Crippen LogP contribution in [0.15, 0.2) is 66.9 Å². The largest absolute Gasteiger partial charge is 0.462 e. The SMILES string of the molecule is CCOC(=O)c1ccc(NC(=O)c2ccnc(N3CCc4ccccc43)c2)cc1. The second-order valence-corrected chi connectivity index (χ2v) is 6.69. The van der Waals surface area contributed by atoms with Crippen LogP contribution in [0.2, 0.25) is 0 Å². The summed E-state index contributed by atoms with van der Waals surface area (Å²) in [5, 5.41) is 2.86. The lowest BCUT2D eigenvalue weighted by Gasteiger charge is -2.18.